The Hall–Kier alpha value is -3.72. The Labute approximate surface area is 211 Å². The number of aromatic amines is 1. The third kappa shape index (κ3) is 7.14. The zero-order chi connectivity index (χ0) is 25.3. The van der Waals surface area contributed by atoms with Crippen LogP contribution in [0.2, 0.25) is 0 Å². The molecule has 4 aromatic rings. The van der Waals surface area contributed by atoms with Gasteiger partial charge < -0.3 is 15.6 Å². The van der Waals surface area contributed by atoms with Gasteiger partial charge in [-0.2, -0.15) is 0 Å². The maximum Gasteiger partial charge on any atom is 0.251 e. The fraction of sp³-hybridized carbons (Fsp3) is 0.222. The van der Waals surface area contributed by atoms with E-state index in [1.54, 1.807) is 12.1 Å². The summed E-state index contributed by atoms with van der Waals surface area (Å²) >= 11 is 1.35. The standard InChI is InChI=1S/C27H26F2N4O2S/c28-19-10-8-18(9-11-19)27(35)33-24(26-31-22-5-1-2-6-23(22)32-26)7-3-4-16-30-25(34)17-36-21-14-12-20(29)13-15-21/h1-2,5-6,8-15,24H,3-4,7,16-17H2,(H,30,34)(H,31,32)(H,33,35)/t24-/m0/s1. The molecular formula is C27H26F2N4O2S. The summed E-state index contributed by atoms with van der Waals surface area (Å²) in [6.45, 7) is 0.502. The predicted octanol–water partition coefficient (Wildman–Crippen LogP) is 5.39. The van der Waals surface area contributed by atoms with Crippen molar-refractivity contribution in [1.29, 1.82) is 0 Å². The van der Waals surface area contributed by atoms with Crippen molar-refractivity contribution in [3.8, 4) is 0 Å². The molecule has 0 bridgehead atoms. The minimum absolute atomic E-state index is 0.0947. The van der Waals surface area contributed by atoms with Gasteiger partial charge in [-0.15, -0.1) is 11.8 Å². The lowest BCUT2D eigenvalue weighted by atomic mass is 10.1. The van der Waals surface area contributed by atoms with Gasteiger partial charge in [-0.05, 0) is 79.9 Å². The van der Waals surface area contributed by atoms with E-state index in [0.717, 1.165) is 28.8 Å². The van der Waals surface area contributed by atoms with Crippen molar-refractivity contribution in [2.75, 3.05) is 12.3 Å². The first-order chi connectivity index (χ1) is 17.5. The van der Waals surface area contributed by atoms with Crippen molar-refractivity contribution in [3.63, 3.8) is 0 Å². The van der Waals surface area contributed by atoms with Crippen molar-refractivity contribution < 1.29 is 18.4 Å². The number of rotatable bonds is 11. The van der Waals surface area contributed by atoms with Crippen LogP contribution >= 0.6 is 11.8 Å². The topological polar surface area (TPSA) is 86.9 Å². The molecule has 0 saturated carbocycles. The summed E-state index contributed by atoms with van der Waals surface area (Å²) in [4.78, 5) is 33.6. The number of carbonyl (C=O) groups is 2. The van der Waals surface area contributed by atoms with Gasteiger partial charge in [0.1, 0.15) is 17.5 Å². The van der Waals surface area contributed by atoms with Gasteiger partial charge in [0.15, 0.2) is 0 Å². The quantitative estimate of drug-likeness (QED) is 0.187. The smallest absolute Gasteiger partial charge is 0.251 e. The molecule has 0 aliphatic rings. The van der Waals surface area contributed by atoms with E-state index in [9.17, 15) is 18.4 Å². The number of nitrogens with one attached hydrogen (secondary N) is 3. The second-order valence-electron chi connectivity index (χ2n) is 8.26. The number of unbranched alkanes of at least 4 members (excludes halogenated alkanes) is 1. The van der Waals surface area contributed by atoms with E-state index in [0.29, 0.717) is 24.4 Å². The Balaban J connectivity index is 1.29. The third-order valence-electron chi connectivity index (χ3n) is 5.57. The molecule has 0 fully saturated rings. The van der Waals surface area contributed by atoms with E-state index in [-0.39, 0.29) is 29.4 Å². The van der Waals surface area contributed by atoms with Gasteiger partial charge in [-0.3, -0.25) is 9.59 Å². The highest BCUT2D eigenvalue weighted by atomic mass is 32.2. The van der Waals surface area contributed by atoms with Crippen LogP contribution in [0.5, 0.6) is 0 Å². The lowest BCUT2D eigenvalue weighted by Gasteiger charge is -2.17. The number of benzene rings is 3. The SMILES string of the molecule is O=C(CSc1ccc(F)cc1)NCCCC[C@H](NC(=O)c1ccc(F)cc1)c1nc2ccccc2[nH]1. The Morgan fingerprint density at radius 2 is 1.61 bits per heavy atom. The van der Waals surface area contributed by atoms with Crippen LogP contribution in [-0.4, -0.2) is 34.1 Å². The Bertz CT molecular complexity index is 1280. The number of amides is 2. The molecule has 0 unspecified atom stereocenters. The number of aromatic nitrogens is 2. The average Bonchev–Trinajstić information content (AvgIpc) is 3.32. The van der Waals surface area contributed by atoms with Crippen LogP contribution in [0.1, 0.15) is 41.5 Å². The highest BCUT2D eigenvalue weighted by Gasteiger charge is 2.19. The minimum atomic E-state index is -0.404. The van der Waals surface area contributed by atoms with Gasteiger partial charge >= 0.3 is 0 Å². The molecule has 0 radical (unpaired) electrons. The minimum Gasteiger partial charge on any atom is -0.355 e. The number of para-hydroxylation sites is 2. The second kappa shape index (κ2) is 12.3. The van der Waals surface area contributed by atoms with Crippen molar-refractivity contribution >= 4 is 34.6 Å². The second-order valence-corrected chi connectivity index (χ2v) is 9.31. The molecule has 3 N–H and O–H groups in total. The zero-order valence-electron chi connectivity index (χ0n) is 19.5. The molecule has 36 heavy (non-hydrogen) atoms. The molecule has 0 spiro atoms. The highest BCUT2D eigenvalue weighted by molar-refractivity contribution is 8.00. The number of hydrogen-bond acceptors (Lipinski definition) is 4. The van der Waals surface area contributed by atoms with Crippen molar-refractivity contribution in [2.45, 2.75) is 30.2 Å². The molecule has 0 aliphatic heterocycles. The molecule has 1 heterocycles. The van der Waals surface area contributed by atoms with Crippen LogP contribution in [-0.2, 0) is 4.79 Å². The summed E-state index contributed by atoms with van der Waals surface area (Å²) in [5, 5.41) is 5.89. The van der Waals surface area contributed by atoms with Crippen LogP contribution in [0.3, 0.4) is 0 Å². The summed E-state index contributed by atoms with van der Waals surface area (Å²) in [6.07, 6.45) is 2.06. The van der Waals surface area contributed by atoms with Gasteiger partial charge in [-0.25, -0.2) is 13.8 Å². The van der Waals surface area contributed by atoms with Crippen molar-refractivity contribution in [3.05, 3.63) is 95.8 Å². The molecule has 9 heteroatoms. The Morgan fingerprint density at radius 1 is 0.917 bits per heavy atom. The van der Waals surface area contributed by atoms with E-state index in [4.69, 9.17) is 0 Å². The fourth-order valence-electron chi connectivity index (χ4n) is 3.69. The van der Waals surface area contributed by atoms with Gasteiger partial charge in [-0.1, -0.05) is 12.1 Å². The fourth-order valence-corrected chi connectivity index (χ4v) is 4.42. The number of halogens is 2. The molecule has 0 saturated heterocycles. The van der Waals surface area contributed by atoms with E-state index in [1.807, 2.05) is 24.3 Å². The Morgan fingerprint density at radius 3 is 2.33 bits per heavy atom. The molecule has 1 aromatic heterocycles. The molecular weight excluding hydrogens is 482 g/mol. The molecule has 4 rings (SSSR count). The molecule has 0 aliphatic carbocycles. The van der Waals surface area contributed by atoms with Crippen molar-refractivity contribution in [1.82, 2.24) is 20.6 Å². The van der Waals surface area contributed by atoms with Crippen molar-refractivity contribution in [2.24, 2.45) is 0 Å². The number of H-pyrrole nitrogens is 1. The highest BCUT2D eigenvalue weighted by Crippen LogP contribution is 2.21. The first-order valence-corrected chi connectivity index (χ1v) is 12.6. The summed E-state index contributed by atoms with van der Waals surface area (Å²) in [5.74, 6) is -0.223. The average molecular weight is 509 g/mol. The van der Waals surface area contributed by atoms with Gasteiger partial charge in [0.25, 0.3) is 5.91 Å². The van der Waals surface area contributed by atoms with Gasteiger partial charge in [0.2, 0.25) is 5.91 Å². The monoisotopic (exact) mass is 508 g/mol. The number of thioether (sulfide) groups is 1. The summed E-state index contributed by atoms with van der Waals surface area (Å²) in [7, 11) is 0. The molecule has 2 amide bonds. The largest absolute Gasteiger partial charge is 0.355 e. The lowest BCUT2D eigenvalue weighted by molar-refractivity contribution is -0.118. The summed E-state index contributed by atoms with van der Waals surface area (Å²) < 4.78 is 26.2. The van der Waals surface area contributed by atoms with Crippen LogP contribution in [0.4, 0.5) is 8.78 Å². The number of nitrogens with zero attached hydrogens (tertiary/aromatic N) is 1. The number of imidazole rings is 1. The first kappa shape index (κ1) is 25.4. The lowest BCUT2D eigenvalue weighted by Crippen LogP contribution is -2.30. The van der Waals surface area contributed by atoms with Gasteiger partial charge in [0, 0.05) is 17.0 Å². The first-order valence-electron chi connectivity index (χ1n) is 11.6. The number of carbonyl (C=O) groups excluding carboxylic acids is 2. The van der Waals surface area contributed by atoms with Gasteiger partial charge in [0.05, 0.1) is 22.8 Å². The van der Waals surface area contributed by atoms with Crippen LogP contribution in [0.25, 0.3) is 11.0 Å². The maximum atomic E-state index is 13.2. The summed E-state index contributed by atoms with van der Waals surface area (Å²) in [5.41, 5.74) is 2.04. The normalized spacial score (nSPS) is 11.8. The summed E-state index contributed by atoms with van der Waals surface area (Å²) in [6, 6.07) is 18.7. The van der Waals surface area contributed by atoms with Crippen LogP contribution in [0.15, 0.2) is 77.7 Å². The van der Waals surface area contributed by atoms with E-state index >= 15 is 0 Å². The van der Waals surface area contributed by atoms with E-state index in [1.165, 1.54) is 48.2 Å². The zero-order valence-corrected chi connectivity index (χ0v) is 20.3. The molecule has 1 atom stereocenters. The van der Waals surface area contributed by atoms with Crippen LogP contribution in [0, 0.1) is 11.6 Å². The molecule has 186 valence electrons. The number of hydrogen-bond donors (Lipinski definition) is 3. The maximum absolute atomic E-state index is 13.2. The molecule has 3 aromatic carbocycles. The number of fused-ring (bicyclic) bond motifs is 1. The Kier molecular flexibility index (Phi) is 8.67. The molecule has 6 nitrogen and oxygen atoms in total. The van der Waals surface area contributed by atoms with Crippen LogP contribution < -0.4 is 10.6 Å². The van der Waals surface area contributed by atoms with E-state index < -0.39 is 5.82 Å². The van der Waals surface area contributed by atoms with E-state index in [2.05, 4.69) is 20.6 Å². The third-order valence-corrected chi connectivity index (χ3v) is 6.59. The predicted molar refractivity (Wildman–Crippen MR) is 137 cm³/mol.